The Labute approximate surface area is 193 Å². The van der Waals surface area contributed by atoms with Gasteiger partial charge in [-0.1, -0.05) is 17.7 Å². The molecule has 1 amide bonds. The second-order valence-corrected chi connectivity index (χ2v) is 7.20. The Morgan fingerprint density at radius 1 is 1.15 bits per heavy atom. The van der Waals surface area contributed by atoms with Gasteiger partial charge in [0, 0.05) is 0 Å². The minimum Gasteiger partial charge on any atom is -0.320 e. The number of carbonyl (C=O) groups excluding carboxylic acids is 1. The molecule has 34 heavy (non-hydrogen) atoms. The van der Waals surface area contributed by atoms with Gasteiger partial charge in [-0.3, -0.25) is 9.48 Å². The van der Waals surface area contributed by atoms with E-state index in [0.29, 0.717) is 4.68 Å². The first-order valence-corrected chi connectivity index (χ1v) is 9.70. The zero-order valence-corrected chi connectivity index (χ0v) is 17.5. The number of pyridine rings is 1. The average Bonchev–Trinajstić information content (AvgIpc) is 3.46. The molecule has 1 N–H and O–H groups in total. The second kappa shape index (κ2) is 8.91. The topological polar surface area (TPSA) is 114 Å². The number of benzene rings is 1. The van der Waals surface area contributed by atoms with E-state index >= 15 is 0 Å². The van der Waals surface area contributed by atoms with Crippen molar-refractivity contribution in [1.82, 2.24) is 29.8 Å². The number of nitrogens with zero attached hydrogens (tertiary/aromatic N) is 7. The summed E-state index contributed by atoms with van der Waals surface area (Å²) < 4.78 is 55.4. The lowest BCUT2D eigenvalue weighted by Gasteiger charge is -2.13. The first-order valence-electron chi connectivity index (χ1n) is 9.32. The summed E-state index contributed by atoms with van der Waals surface area (Å²) in [5.41, 5.74) is -1.86. The second-order valence-electron chi connectivity index (χ2n) is 6.79. The van der Waals surface area contributed by atoms with E-state index in [1.54, 1.807) is 0 Å². The Morgan fingerprint density at radius 2 is 1.88 bits per heavy atom. The molecule has 0 atom stereocenters. The normalized spacial score (nSPS) is 11.3. The maximum Gasteiger partial charge on any atom is 0.433 e. The third-order valence-corrected chi connectivity index (χ3v) is 4.81. The third-order valence-electron chi connectivity index (χ3n) is 4.52. The predicted octanol–water partition coefficient (Wildman–Crippen LogP) is 3.84. The molecular weight excluding hydrogens is 480 g/mol. The van der Waals surface area contributed by atoms with E-state index in [1.165, 1.54) is 30.6 Å². The Balaban J connectivity index is 1.63. The molecule has 3 heterocycles. The highest BCUT2D eigenvalue weighted by Gasteiger charge is 2.40. The number of amides is 1. The van der Waals surface area contributed by atoms with E-state index in [4.69, 9.17) is 11.6 Å². The van der Waals surface area contributed by atoms with Gasteiger partial charge < -0.3 is 5.32 Å². The summed E-state index contributed by atoms with van der Waals surface area (Å²) in [6, 6.07) is 6.53. The number of carbonyl (C=O) groups is 1. The summed E-state index contributed by atoms with van der Waals surface area (Å²) in [5.74, 6) is -1.76. The molecule has 0 aliphatic rings. The molecule has 0 radical (unpaired) electrons. The van der Waals surface area contributed by atoms with Crippen LogP contribution in [0.2, 0.25) is 5.02 Å². The van der Waals surface area contributed by atoms with Crippen LogP contribution in [0.25, 0.3) is 5.82 Å². The zero-order valence-electron chi connectivity index (χ0n) is 16.8. The summed E-state index contributed by atoms with van der Waals surface area (Å²) in [7, 11) is 0. The highest BCUT2D eigenvalue weighted by Crippen LogP contribution is 2.33. The molecule has 0 fully saturated rings. The van der Waals surface area contributed by atoms with Crippen LogP contribution >= 0.6 is 11.6 Å². The van der Waals surface area contributed by atoms with Gasteiger partial charge in [-0.05, 0) is 23.8 Å². The smallest absolute Gasteiger partial charge is 0.320 e. The Bertz CT molecular complexity index is 1410. The van der Waals surface area contributed by atoms with Crippen LogP contribution < -0.4 is 5.32 Å². The van der Waals surface area contributed by atoms with Crippen LogP contribution in [0.15, 0.2) is 49.1 Å². The standard InChI is InChI=1S/C20H11ClF4N8O/c21-15-5-11(1-2-16(15)22)10-32-17(20(23,24)25)14(9-30-32)19(34)31-13-6-12(7-26)18(27-8-13)33-28-3-4-29-33/h1-6,8-9H,10H2,(H,31,34). The van der Waals surface area contributed by atoms with Crippen molar-refractivity contribution in [2.45, 2.75) is 12.7 Å². The van der Waals surface area contributed by atoms with Crippen LogP contribution in [0.1, 0.15) is 27.2 Å². The molecule has 172 valence electrons. The maximum absolute atomic E-state index is 13.8. The van der Waals surface area contributed by atoms with Crippen molar-refractivity contribution in [2.75, 3.05) is 5.32 Å². The number of aromatic nitrogens is 6. The molecule has 0 aliphatic carbocycles. The van der Waals surface area contributed by atoms with Gasteiger partial charge in [0.1, 0.15) is 17.4 Å². The van der Waals surface area contributed by atoms with Gasteiger partial charge in [-0.25, -0.2) is 9.37 Å². The van der Waals surface area contributed by atoms with Crippen molar-refractivity contribution >= 4 is 23.2 Å². The molecule has 1 aromatic carbocycles. The SMILES string of the molecule is N#Cc1cc(NC(=O)c2cnn(Cc3ccc(F)c(Cl)c3)c2C(F)(F)F)cnc1-n1nccn1. The lowest BCUT2D eigenvalue weighted by atomic mass is 10.2. The van der Waals surface area contributed by atoms with E-state index in [0.717, 1.165) is 23.3 Å². The van der Waals surface area contributed by atoms with Crippen LogP contribution in [-0.4, -0.2) is 35.7 Å². The molecule has 9 nitrogen and oxygen atoms in total. The molecule has 0 saturated heterocycles. The van der Waals surface area contributed by atoms with E-state index in [-0.39, 0.29) is 27.7 Å². The van der Waals surface area contributed by atoms with Crippen LogP contribution in [0.3, 0.4) is 0 Å². The largest absolute Gasteiger partial charge is 0.433 e. The number of hydrogen-bond acceptors (Lipinski definition) is 6. The number of halogens is 5. The van der Waals surface area contributed by atoms with E-state index in [9.17, 15) is 27.6 Å². The number of nitrogens with one attached hydrogen (secondary N) is 1. The van der Waals surface area contributed by atoms with Gasteiger partial charge in [0.25, 0.3) is 5.91 Å². The minimum atomic E-state index is -4.93. The Hall–Kier alpha value is -4.31. The molecule has 0 saturated carbocycles. The summed E-state index contributed by atoms with van der Waals surface area (Å²) in [5, 5.41) is 22.8. The summed E-state index contributed by atoms with van der Waals surface area (Å²) in [6.45, 7) is -0.409. The Kier molecular flexibility index (Phi) is 5.99. The predicted molar refractivity (Wildman–Crippen MR) is 110 cm³/mol. The van der Waals surface area contributed by atoms with Gasteiger partial charge in [0.05, 0.1) is 47.6 Å². The number of nitriles is 1. The summed E-state index contributed by atoms with van der Waals surface area (Å²) in [6.07, 6.45) is -0.276. The molecule has 4 aromatic rings. The highest BCUT2D eigenvalue weighted by atomic mass is 35.5. The highest BCUT2D eigenvalue weighted by molar-refractivity contribution is 6.30. The van der Waals surface area contributed by atoms with E-state index < -0.39 is 35.7 Å². The Morgan fingerprint density at radius 3 is 2.53 bits per heavy atom. The van der Waals surface area contributed by atoms with Crippen LogP contribution in [0.5, 0.6) is 0 Å². The molecule has 0 bridgehead atoms. The van der Waals surface area contributed by atoms with Crippen molar-refractivity contribution in [3.05, 3.63) is 82.3 Å². The van der Waals surface area contributed by atoms with E-state index in [2.05, 4.69) is 25.6 Å². The van der Waals surface area contributed by atoms with Gasteiger partial charge >= 0.3 is 6.18 Å². The summed E-state index contributed by atoms with van der Waals surface area (Å²) in [4.78, 5) is 17.8. The van der Waals surface area contributed by atoms with Gasteiger partial charge in [0.2, 0.25) is 0 Å². The van der Waals surface area contributed by atoms with Crippen molar-refractivity contribution in [3.8, 4) is 11.9 Å². The number of anilines is 1. The fourth-order valence-corrected chi connectivity index (χ4v) is 3.28. The number of rotatable bonds is 5. The van der Waals surface area contributed by atoms with Gasteiger partial charge in [-0.2, -0.15) is 33.7 Å². The number of alkyl halides is 3. The molecule has 0 spiro atoms. The first kappa shape index (κ1) is 22.9. The van der Waals surface area contributed by atoms with Crippen LogP contribution in [0, 0.1) is 17.1 Å². The monoisotopic (exact) mass is 490 g/mol. The van der Waals surface area contributed by atoms with Gasteiger partial charge in [0.15, 0.2) is 11.5 Å². The van der Waals surface area contributed by atoms with Crippen molar-refractivity contribution < 1.29 is 22.4 Å². The number of hydrogen-bond donors (Lipinski definition) is 1. The van der Waals surface area contributed by atoms with Crippen LogP contribution in [-0.2, 0) is 12.7 Å². The molecule has 0 aliphatic heterocycles. The first-order chi connectivity index (χ1) is 16.2. The van der Waals surface area contributed by atoms with Crippen LogP contribution in [0.4, 0.5) is 23.2 Å². The zero-order chi connectivity index (χ0) is 24.5. The summed E-state index contributed by atoms with van der Waals surface area (Å²) >= 11 is 5.69. The molecular formula is C20H11ClF4N8O. The van der Waals surface area contributed by atoms with Crippen molar-refractivity contribution in [1.29, 1.82) is 5.26 Å². The van der Waals surface area contributed by atoms with Crippen molar-refractivity contribution in [2.24, 2.45) is 0 Å². The fourth-order valence-electron chi connectivity index (χ4n) is 3.07. The molecule has 14 heteroatoms. The van der Waals surface area contributed by atoms with Crippen molar-refractivity contribution in [3.63, 3.8) is 0 Å². The lowest BCUT2D eigenvalue weighted by Crippen LogP contribution is -2.22. The molecule has 4 rings (SSSR count). The average molecular weight is 491 g/mol. The van der Waals surface area contributed by atoms with E-state index in [1.807, 2.05) is 6.07 Å². The lowest BCUT2D eigenvalue weighted by molar-refractivity contribution is -0.144. The van der Waals surface area contributed by atoms with Gasteiger partial charge in [-0.15, -0.1) is 4.80 Å². The molecule has 0 unspecified atom stereocenters. The minimum absolute atomic E-state index is 0.0195. The fraction of sp³-hybridized carbons (Fsp3) is 0.100. The quantitative estimate of drug-likeness (QED) is 0.425. The molecule has 3 aromatic heterocycles. The maximum atomic E-state index is 13.8. The third kappa shape index (κ3) is 4.57.